The molecule has 0 aliphatic carbocycles. The average Bonchev–Trinajstić information content (AvgIpc) is 2.75. The first-order chi connectivity index (χ1) is 14.2. The van der Waals surface area contributed by atoms with Crippen molar-refractivity contribution in [3.8, 4) is 0 Å². The van der Waals surface area contributed by atoms with E-state index in [1.54, 1.807) is 0 Å². The Hall–Kier alpha value is -1.30. The summed E-state index contributed by atoms with van der Waals surface area (Å²) in [6.45, 7) is 10.1. The summed E-state index contributed by atoms with van der Waals surface area (Å²) in [6, 6.07) is 8.74. The van der Waals surface area contributed by atoms with Crippen LogP contribution in [0.1, 0.15) is 44.6 Å². The van der Waals surface area contributed by atoms with E-state index in [0.29, 0.717) is 12.0 Å². The van der Waals surface area contributed by atoms with Gasteiger partial charge in [0.15, 0.2) is 5.96 Å². The van der Waals surface area contributed by atoms with Gasteiger partial charge in [-0.2, -0.15) is 0 Å². The molecule has 0 bridgehead atoms. The van der Waals surface area contributed by atoms with Crippen molar-refractivity contribution < 1.29 is 0 Å². The van der Waals surface area contributed by atoms with Gasteiger partial charge in [-0.05, 0) is 69.3 Å². The molecular weight excluding hydrogens is 382 g/mol. The highest BCUT2D eigenvalue weighted by atomic mass is 35.5. The summed E-state index contributed by atoms with van der Waals surface area (Å²) in [5.74, 6) is 1.68. The maximum absolute atomic E-state index is 6.32. The molecule has 5 nitrogen and oxygen atoms in total. The molecule has 2 aliphatic rings. The summed E-state index contributed by atoms with van der Waals surface area (Å²) in [6.07, 6.45) is 6.12. The monoisotopic (exact) mass is 419 g/mol. The first kappa shape index (κ1) is 22.4. The number of nitrogens with one attached hydrogen (secondary N) is 2. The lowest BCUT2D eigenvalue weighted by atomic mass is 9.96. The number of halogens is 1. The third-order valence-corrected chi connectivity index (χ3v) is 6.68. The fourth-order valence-corrected chi connectivity index (χ4v) is 4.66. The molecule has 1 aromatic carbocycles. The molecule has 2 fully saturated rings. The number of guanidine groups is 1. The molecule has 0 saturated carbocycles. The van der Waals surface area contributed by atoms with Crippen LogP contribution in [-0.4, -0.2) is 68.1 Å². The number of aliphatic imine (C=N–C) groups is 1. The molecule has 0 radical (unpaired) electrons. The maximum atomic E-state index is 6.32. The Kier molecular flexibility index (Phi) is 9.09. The Balaban J connectivity index is 1.34. The molecule has 162 valence electrons. The quantitative estimate of drug-likeness (QED) is 0.523. The summed E-state index contributed by atoms with van der Waals surface area (Å²) in [7, 11) is 1.88. The van der Waals surface area contributed by atoms with E-state index in [0.717, 1.165) is 37.2 Å². The zero-order valence-electron chi connectivity index (χ0n) is 18.2. The predicted molar refractivity (Wildman–Crippen MR) is 124 cm³/mol. The van der Waals surface area contributed by atoms with Gasteiger partial charge in [0, 0.05) is 44.3 Å². The first-order valence-corrected chi connectivity index (χ1v) is 11.7. The Bertz CT molecular complexity index is 634. The van der Waals surface area contributed by atoms with Crippen molar-refractivity contribution in [3.63, 3.8) is 0 Å². The first-order valence-electron chi connectivity index (χ1n) is 11.3. The number of hydrogen-bond acceptors (Lipinski definition) is 3. The van der Waals surface area contributed by atoms with Crippen LogP contribution >= 0.6 is 11.6 Å². The van der Waals surface area contributed by atoms with Crippen LogP contribution in [-0.2, 0) is 6.54 Å². The topological polar surface area (TPSA) is 42.9 Å². The molecule has 0 aromatic heterocycles. The van der Waals surface area contributed by atoms with Gasteiger partial charge >= 0.3 is 0 Å². The molecule has 1 aromatic rings. The third-order valence-electron chi connectivity index (χ3n) is 6.31. The van der Waals surface area contributed by atoms with E-state index in [9.17, 15) is 0 Å². The maximum Gasteiger partial charge on any atom is 0.191 e. The lowest BCUT2D eigenvalue weighted by Gasteiger charge is -2.34. The molecular formula is C23H38ClN5. The van der Waals surface area contributed by atoms with E-state index in [1.165, 1.54) is 57.3 Å². The minimum Gasteiger partial charge on any atom is -0.356 e. The molecule has 2 heterocycles. The second kappa shape index (κ2) is 11.8. The van der Waals surface area contributed by atoms with Crippen LogP contribution in [0.3, 0.4) is 0 Å². The van der Waals surface area contributed by atoms with Gasteiger partial charge < -0.3 is 15.5 Å². The van der Waals surface area contributed by atoms with Crippen molar-refractivity contribution in [2.24, 2.45) is 10.9 Å². The van der Waals surface area contributed by atoms with Crippen molar-refractivity contribution in [2.45, 2.75) is 51.6 Å². The second-order valence-corrected chi connectivity index (χ2v) is 8.93. The van der Waals surface area contributed by atoms with E-state index in [2.05, 4.69) is 44.5 Å². The highest BCUT2D eigenvalue weighted by Crippen LogP contribution is 2.22. The average molecular weight is 420 g/mol. The summed E-state index contributed by atoms with van der Waals surface area (Å²) in [5, 5.41) is 8.11. The lowest BCUT2D eigenvalue weighted by Crippen LogP contribution is -2.50. The standard InChI is InChI=1S/C23H38ClN5/c1-3-12-28-15-10-21(11-16-28)27-23(25-2)26-17-19-8-13-29(14-9-19)18-20-6-4-5-7-22(20)24/h4-7,19,21H,3,8-18H2,1-2H3,(H2,25,26,27). The number of rotatable bonds is 7. The molecule has 6 heteroatoms. The largest absolute Gasteiger partial charge is 0.356 e. The number of benzene rings is 1. The normalized spacial score (nSPS) is 20.7. The van der Waals surface area contributed by atoms with Crippen LogP contribution in [0.5, 0.6) is 0 Å². The van der Waals surface area contributed by atoms with Crippen molar-refractivity contribution in [1.29, 1.82) is 0 Å². The van der Waals surface area contributed by atoms with Gasteiger partial charge in [-0.1, -0.05) is 36.7 Å². The van der Waals surface area contributed by atoms with Gasteiger partial charge in [-0.25, -0.2) is 0 Å². The summed E-state index contributed by atoms with van der Waals surface area (Å²) in [5.41, 5.74) is 1.24. The van der Waals surface area contributed by atoms with Gasteiger partial charge in [0.2, 0.25) is 0 Å². The Morgan fingerprint density at radius 2 is 1.76 bits per heavy atom. The third kappa shape index (κ3) is 7.16. The number of nitrogens with zero attached hydrogens (tertiary/aromatic N) is 3. The zero-order chi connectivity index (χ0) is 20.5. The zero-order valence-corrected chi connectivity index (χ0v) is 18.9. The molecule has 2 aliphatic heterocycles. The van der Waals surface area contributed by atoms with E-state index in [4.69, 9.17) is 11.6 Å². The van der Waals surface area contributed by atoms with Crippen LogP contribution in [0.25, 0.3) is 0 Å². The number of piperidine rings is 2. The van der Waals surface area contributed by atoms with E-state index in [1.807, 2.05) is 19.2 Å². The fraction of sp³-hybridized carbons (Fsp3) is 0.696. The van der Waals surface area contributed by atoms with Crippen LogP contribution < -0.4 is 10.6 Å². The van der Waals surface area contributed by atoms with Crippen molar-refractivity contribution in [1.82, 2.24) is 20.4 Å². The fourth-order valence-electron chi connectivity index (χ4n) is 4.46. The van der Waals surface area contributed by atoms with Crippen molar-refractivity contribution in [3.05, 3.63) is 34.9 Å². The highest BCUT2D eigenvalue weighted by Gasteiger charge is 2.22. The van der Waals surface area contributed by atoms with Crippen LogP contribution in [0.15, 0.2) is 29.3 Å². The van der Waals surface area contributed by atoms with Gasteiger partial charge in [0.1, 0.15) is 0 Å². The van der Waals surface area contributed by atoms with E-state index < -0.39 is 0 Å². The minimum atomic E-state index is 0.548. The van der Waals surface area contributed by atoms with Gasteiger partial charge in [-0.15, -0.1) is 0 Å². The number of likely N-dealkylation sites (tertiary alicyclic amines) is 2. The van der Waals surface area contributed by atoms with E-state index >= 15 is 0 Å². The molecule has 0 atom stereocenters. The SMILES string of the molecule is CCCN1CCC(NC(=NC)NCC2CCN(Cc3ccccc3Cl)CC2)CC1. The Labute approximate surface area is 181 Å². The predicted octanol–water partition coefficient (Wildman–Crippen LogP) is 3.59. The molecule has 2 saturated heterocycles. The summed E-state index contributed by atoms with van der Waals surface area (Å²) in [4.78, 5) is 9.56. The van der Waals surface area contributed by atoms with Gasteiger partial charge in [-0.3, -0.25) is 9.89 Å². The van der Waals surface area contributed by atoms with Gasteiger partial charge in [0.05, 0.1) is 0 Å². The minimum absolute atomic E-state index is 0.548. The Morgan fingerprint density at radius 3 is 2.41 bits per heavy atom. The van der Waals surface area contributed by atoms with Crippen LogP contribution in [0, 0.1) is 5.92 Å². The molecule has 0 unspecified atom stereocenters. The number of hydrogen-bond donors (Lipinski definition) is 2. The van der Waals surface area contributed by atoms with Crippen LogP contribution in [0.4, 0.5) is 0 Å². The molecule has 3 rings (SSSR count). The lowest BCUT2D eigenvalue weighted by molar-refractivity contribution is 0.178. The van der Waals surface area contributed by atoms with Gasteiger partial charge in [0.25, 0.3) is 0 Å². The molecule has 0 spiro atoms. The van der Waals surface area contributed by atoms with Crippen molar-refractivity contribution >= 4 is 17.6 Å². The molecule has 2 N–H and O–H groups in total. The summed E-state index contributed by atoms with van der Waals surface area (Å²) < 4.78 is 0. The van der Waals surface area contributed by atoms with Crippen LogP contribution in [0.2, 0.25) is 5.02 Å². The molecule has 0 amide bonds. The second-order valence-electron chi connectivity index (χ2n) is 8.52. The summed E-state index contributed by atoms with van der Waals surface area (Å²) >= 11 is 6.32. The smallest absolute Gasteiger partial charge is 0.191 e. The highest BCUT2D eigenvalue weighted by molar-refractivity contribution is 6.31. The Morgan fingerprint density at radius 1 is 1.07 bits per heavy atom. The van der Waals surface area contributed by atoms with E-state index in [-0.39, 0.29) is 0 Å². The molecule has 29 heavy (non-hydrogen) atoms. The van der Waals surface area contributed by atoms with Crippen molar-refractivity contribution in [2.75, 3.05) is 46.3 Å².